The minimum Gasteiger partial charge on any atom is -0.389 e. The first-order valence-corrected chi connectivity index (χ1v) is 5.69. The molecular weight excluding hydrogens is 214 g/mol. The summed E-state index contributed by atoms with van der Waals surface area (Å²) in [6.45, 7) is 3.65. The van der Waals surface area contributed by atoms with Crippen LogP contribution in [-0.4, -0.2) is 46.6 Å². The molecule has 0 spiro atoms. The van der Waals surface area contributed by atoms with E-state index in [4.69, 9.17) is 5.11 Å². The summed E-state index contributed by atoms with van der Waals surface area (Å²) in [5.41, 5.74) is 0. The average Bonchev–Trinajstić information content (AvgIpc) is 2.61. The number of hydrogen-bond acceptors (Lipinski definition) is 5. The second-order valence-corrected chi connectivity index (χ2v) is 4.45. The first-order chi connectivity index (χ1) is 7.20. The second-order valence-electron chi connectivity index (χ2n) is 3.42. The van der Waals surface area contributed by atoms with Crippen molar-refractivity contribution in [3.05, 3.63) is 11.1 Å². The van der Waals surface area contributed by atoms with Gasteiger partial charge in [-0.1, -0.05) is 11.3 Å². The van der Waals surface area contributed by atoms with Crippen molar-refractivity contribution in [1.82, 2.24) is 9.88 Å². The molecule has 15 heavy (non-hydrogen) atoms. The van der Waals surface area contributed by atoms with Crippen LogP contribution in [0.3, 0.4) is 0 Å². The van der Waals surface area contributed by atoms with E-state index in [-0.39, 0.29) is 12.0 Å². The highest BCUT2D eigenvalue weighted by Gasteiger charge is 2.30. The van der Waals surface area contributed by atoms with Gasteiger partial charge in [0.1, 0.15) is 4.88 Å². The highest BCUT2D eigenvalue weighted by atomic mass is 32.1. The Kier molecular flexibility index (Phi) is 2.88. The van der Waals surface area contributed by atoms with Crippen molar-refractivity contribution in [1.29, 1.82) is 0 Å². The van der Waals surface area contributed by atoms with E-state index in [9.17, 15) is 4.79 Å². The normalized spacial score (nSPS) is 16.3. The molecular formula is C9H13N3O2S. The van der Waals surface area contributed by atoms with Crippen LogP contribution in [0, 0.1) is 0 Å². The maximum absolute atomic E-state index is 11.7. The Bertz CT molecular complexity index is 360. The predicted octanol–water partition coefficient (Wildman–Crippen LogP) is 0.392. The second kappa shape index (κ2) is 4.16. The van der Waals surface area contributed by atoms with Crippen LogP contribution < -0.4 is 5.32 Å². The summed E-state index contributed by atoms with van der Waals surface area (Å²) in [6, 6.07) is 0. The smallest absolute Gasteiger partial charge is 0.265 e. The van der Waals surface area contributed by atoms with Gasteiger partial charge in [-0.2, -0.15) is 0 Å². The Labute approximate surface area is 91.7 Å². The maximum Gasteiger partial charge on any atom is 0.265 e. The predicted molar refractivity (Wildman–Crippen MR) is 58.2 cm³/mol. The van der Waals surface area contributed by atoms with Gasteiger partial charge in [0.25, 0.3) is 5.91 Å². The summed E-state index contributed by atoms with van der Waals surface area (Å²) in [4.78, 5) is 18.1. The van der Waals surface area contributed by atoms with Gasteiger partial charge in [0, 0.05) is 19.6 Å². The molecule has 82 valence electrons. The first-order valence-electron chi connectivity index (χ1n) is 4.87. The lowest BCUT2D eigenvalue weighted by molar-refractivity contribution is 0.00621. The quantitative estimate of drug-likeness (QED) is 0.784. The fraction of sp³-hybridized carbons (Fsp3) is 0.556. The number of nitrogens with zero attached hydrogens (tertiary/aromatic N) is 2. The molecule has 0 bridgehead atoms. The highest BCUT2D eigenvalue weighted by Crippen LogP contribution is 2.21. The zero-order valence-corrected chi connectivity index (χ0v) is 9.25. The van der Waals surface area contributed by atoms with E-state index in [1.165, 1.54) is 11.3 Å². The number of carbonyl (C=O) groups excluding carboxylic acids is 1. The molecule has 6 heteroatoms. The molecule has 0 unspecified atom stereocenters. The number of rotatable bonds is 3. The van der Waals surface area contributed by atoms with Crippen molar-refractivity contribution < 1.29 is 9.90 Å². The van der Waals surface area contributed by atoms with Crippen molar-refractivity contribution in [2.75, 3.05) is 25.0 Å². The summed E-state index contributed by atoms with van der Waals surface area (Å²) in [7, 11) is 0. The van der Waals surface area contributed by atoms with Gasteiger partial charge in [-0.25, -0.2) is 4.98 Å². The zero-order valence-electron chi connectivity index (χ0n) is 8.43. The fourth-order valence-corrected chi connectivity index (χ4v) is 2.23. The molecule has 1 aliphatic rings. The largest absolute Gasteiger partial charge is 0.389 e. The Balaban J connectivity index is 1.99. The number of β-amino-alcohol motifs (C(OH)–C–C–N with tert-alkyl or cyclic N) is 1. The highest BCUT2D eigenvalue weighted by molar-refractivity contribution is 7.17. The van der Waals surface area contributed by atoms with E-state index >= 15 is 0 Å². The Morgan fingerprint density at radius 3 is 3.13 bits per heavy atom. The third kappa shape index (κ3) is 2.10. The third-order valence-electron chi connectivity index (χ3n) is 2.19. The monoisotopic (exact) mass is 227 g/mol. The lowest BCUT2D eigenvalue weighted by Crippen LogP contribution is -2.53. The van der Waals surface area contributed by atoms with E-state index in [0.717, 1.165) is 11.7 Å². The van der Waals surface area contributed by atoms with Gasteiger partial charge in [0.15, 0.2) is 5.13 Å². The molecule has 1 saturated heterocycles. The minimum atomic E-state index is -0.352. The number of aliphatic hydroxyl groups is 1. The van der Waals surface area contributed by atoms with Gasteiger partial charge in [0.05, 0.1) is 12.3 Å². The van der Waals surface area contributed by atoms with Crippen LogP contribution in [0.1, 0.15) is 16.6 Å². The number of hydrogen-bond donors (Lipinski definition) is 2. The molecule has 0 atom stereocenters. The van der Waals surface area contributed by atoms with Gasteiger partial charge in [-0.3, -0.25) is 4.79 Å². The minimum absolute atomic E-state index is 0.0399. The van der Waals surface area contributed by atoms with Crippen molar-refractivity contribution in [2.24, 2.45) is 0 Å². The lowest BCUT2D eigenvalue weighted by atomic mass is 10.1. The standard InChI is InChI=1S/C9H13N3O2S/c1-2-10-9-11-3-7(15-9)8(14)12-4-6(13)5-12/h3,6,13H,2,4-5H2,1H3,(H,10,11). The number of nitrogens with one attached hydrogen (secondary N) is 1. The maximum atomic E-state index is 11.7. The van der Waals surface area contributed by atoms with E-state index in [2.05, 4.69) is 10.3 Å². The molecule has 0 radical (unpaired) electrons. The van der Waals surface area contributed by atoms with E-state index in [0.29, 0.717) is 18.0 Å². The number of amides is 1. The number of thiazole rings is 1. The van der Waals surface area contributed by atoms with Gasteiger partial charge in [-0.15, -0.1) is 0 Å². The van der Waals surface area contributed by atoms with Crippen molar-refractivity contribution in [3.63, 3.8) is 0 Å². The summed E-state index contributed by atoms with van der Waals surface area (Å²) in [5.74, 6) is -0.0399. The van der Waals surface area contributed by atoms with Gasteiger partial charge in [0.2, 0.25) is 0 Å². The summed E-state index contributed by atoms with van der Waals surface area (Å²) in [5, 5.41) is 12.9. The molecule has 1 aliphatic heterocycles. The van der Waals surface area contributed by atoms with Crippen molar-refractivity contribution in [2.45, 2.75) is 13.0 Å². The molecule has 1 aromatic heterocycles. The molecule has 2 rings (SSSR count). The number of carbonyl (C=O) groups is 1. The number of anilines is 1. The molecule has 2 N–H and O–H groups in total. The first kappa shape index (κ1) is 10.4. The van der Waals surface area contributed by atoms with Crippen LogP contribution in [-0.2, 0) is 0 Å². The molecule has 1 fully saturated rings. The fourth-order valence-electron chi connectivity index (χ4n) is 1.38. The number of likely N-dealkylation sites (tertiary alicyclic amines) is 1. The average molecular weight is 227 g/mol. The molecule has 5 nitrogen and oxygen atoms in total. The van der Waals surface area contributed by atoms with Crippen LogP contribution in [0.2, 0.25) is 0 Å². The molecule has 0 aliphatic carbocycles. The molecule has 0 aromatic carbocycles. The topological polar surface area (TPSA) is 65.5 Å². The Morgan fingerprint density at radius 2 is 2.53 bits per heavy atom. The van der Waals surface area contributed by atoms with Crippen LogP contribution in [0.15, 0.2) is 6.20 Å². The van der Waals surface area contributed by atoms with Gasteiger partial charge in [-0.05, 0) is 6.92 Å². The van der Waals surface area contributed by atoms with E-state index in [1.807, 2.05) is 6.92 Å². The Hall–Kier alpha value is -1.14. The zero-order chi connectivity index (χ0) is 10.8. The van der Waals surface area contributed by atoms with E-state index in [1.54, 1.807) is 11.1 Å². The number of aliphatic hydroxyl groups excluding tert-OH is 1. The van der Waals surface area contributed by atoms with Crippen LogP contribution in [0.4, 0.5) is 5.13 Å². The van der Waals surface area contributed by atoms with Crippen molar-refractivity contribution in [3.8, 4) is 0 Å². The summed E-state index contributed by atoms with van der Waals surface area (Å²) < 4.78 is 0. The third-order valence-corrected chi connectivity index (χ3v) is 3.14. The Morgan fingerprint density at radius 1 is 1.80 bits per heavy atom. The van der Waals surface area contributed by atoms with Crippen LogP contribution in [0.25, 0.3) is 0 Å². The van der Waals surface area contributed by atoms with Gasteiger partial charge < -0.3 is 15.3 Å². The van der Waals surface area contributed by atoms with E-state index < -0.39 is 0 Å². The SMILES string of the molecule is CCNc1ncc(C(=O)N2CC(O)C2)s1. The molecule has 1 aromatic rings. The van der Waals surface area contributed by atoms with Gasteiger partial charge >= 0.3 is 0 Å². The van der Waals surface area contributed by atoms with Crippen LogP contribution >= 0.6 is 11.3 Å². The van der Waals surface area contributed by atoms with Crippen molar-refractivity contribution >= 4 is 22.4 Å². The molecule has 1 amide bonds. The van der Waals surface area contributed by atoms with Crippen LogP contribution in [0.5, 0.6) is 0 Å². The molecule has 0 saturated carbocycles. The molecule has 2 heterocycles. The summed E-state index contributed by atoms with van der Waals surface area (Å²) in [6.07, 6.45) is 1.23. The lowest BCUT2D eigenvalue weighted by Gasteiger charge is -2.35. The summed E-state index contributed by atoms with van der Waals surface area (Å²) >= 11 is 1.35. The number of aromatic nitrogens is 1.